The van der Waals surface area contributed by atoms with Gasteiger partial charge in [-0.1, -0.05) is 25.1 Å². The van der Waals surface area contributed by atoms with Crippen molar-refractivity contribution in [3.63, 3.8) is 0 Å². The van der Waals surface area contributed by atoms with E-state index in [1.54, 1.807) is 0 Å². The van der Waals surface area contributed by atoms with E-state index < -0.39 is 12.0 Å². The smallest absolute Gasteiger partial charge is 0.326 e. The van der Waals surface area contributed by atoms with Crippen molar-refractivity contribution in [1.29, 1.82) is 0 Å². The minimum absolute atomic E-state index is 0.126. The Morgan fingerprint density at radius 2 is 2.10 bits per heavy atom. The second-order valence-corrected chi connectivity index (χ2v) is 5.92. The molecular weight excluding hydrogens is 270 g/mol. The summed E-state index contributed by atoms with van der Waals surface area (Å²) in [5.41, 5.74) is 0.866. The van der Waals surface area contributed by atoms with Crippen LogP contribution in [-0.4, -0.2) is 41.1 Å². The van der Waals surface area contributed by atoms with Crippen LogP contribution in [0.2, 0.25) is 0 Å². The highest BCUT2D eigenvalue weighted by Gasteiger charge is 2.40. The Morgan fingerprint density at radius 1 is 1.33 bits per heavy atom. The van der Waals surface area contributed by atoms with Gasteiger partial charge >= 0.3 is 5.97 Å². The summed E-state index contributed by atoms with van der Waals surface area (Å²) in [5, 5.41) is 9.39. The topological polar surface area (TPSA) is 66.8 Å². The van der Waals surface area contributed by atoms with Crippen molar-refractivity contribution in [2.45, 2.75) is 31.7 Å². The van der Waals surface area contributed by atoms with E-state index in [0.717, 1.165) is 17.7 Å². The van der Waals surface area contributed by atoms with E-state index in [1.165, 1.54) is 4.90 Å². The minimum atomic E-state index is -0.915. The first-order chi connectivity index (χ1) is 10.1. The predicted octanol–water partition coefficient (Wildman–Crippen LogP) is 1.87. The third kappa shape index (κ3) is 2.48. The zero-order chi connectivity index (χ0) is 15.0. The molecule has 2 heterocycles. The number of nitrogens with zero attached hydrogens (tertiary/aromatic N) is 1. The number of hydrogen-bond donors (Lipinski definition) is 1. The van der Waals surface area contributed by atoms with E-state index >= 15 is 0 Å². The molecule has 2 aliphatic rings. The number of ether oxygens (including phenoxy) is 1. The van der Waals surface area contributed by atoms with Crippen molar-refractivity contribution in [3.05, 3.63) is 29.8 Å². The molecule has 21 heavy (non-hydrogen) atoms. The molecule has 5 heteroatoms. The third-order valence-corrected chi connectivity index (χ3v) is 4.43. The van der Waals surface area contributed by atoms with Gasteiger partial charge in [0.15, 0.2) is 0 Å². The lowest BCUT2D eigenvalue weighted by Gasteiger charge is -2.37. The molecule has 0 aromatic heterocycles. The highest BCUT2D eigenvalue weighted by Crippen LogP contribution is 2.36. The Balaban J connectivity index is 1.83. The number of rotatable bonds is 2. The molecule has 0 saturated carbocycles. The van der Waals surface area contributed by atoms with Gasteiger partial charge in [-0.2, -0.15) is 0 Å². The van der Waals surface area contributed by atoms with Crippen LogP contribution in [0.4, 0.5) is 0 Å². The van der Waals surface area contributed by atoms with Crippen molar-refractivity contribution >= 4 is 11.9 Å². The largest absolute Gasteiger partial charge is 0.492 e. The van der Waals surface area contributed by atoms with Gasteiger partial charge in [-0.15, -0.1) is 0 Å². The lowest BCUT2D eigenvalue weighted by atomic mass is 9.90. The summed E-state index contributed by atoms with van der Waals surface area (Å²) in [5.74, 6) is -0.354. The van der Waals surface area contributed by atoms with Crippen molar-refractivity contribution in [3.8, 4) is 5.75 Å². The fourth-order valence-corrected chi connectivity index (χ4v) is 3.21. The molecule has 3 atom stereocenters. The van der Waals surface area contributed by atoms with Crippen molar-refractivity contribution in [2.75, 3.05) is 13.2 Å². The molecule has 0 radical (unpaired) electrons. The van der Waals surface area contributed by atoms with Crippen LogP contribution in [0.5, 0.6) is 5.75 Å². The van der Waals surface area contributed by atoms with E-state index in [-0.39, 0.29) is 11.8 Å². The molecule has 1 amide bonds. The van der Waals surface area contributed by atoms with Crippen molar-refractivity contribution < 1.29 is 19.4 Å². The maximum absolute atomic E-state index is 12.8. The number of carbonyl (C=O) groups excluding carboxylic acids is 1. The van der Waals surface area contributed by atoms with Crippen LogP contribution in [0.15, 0.2) is 24.3 Å². The van der Waals surface area contributed by atoms with Crippen LogP contribution >= 0.6 is 0 Å². The highest BCUT2D eigenvalue weighted by molar-refractivity contribution is 5.89. The average Bonchev–Trinajstić information content (AvgIpc) is 2.90. The number of benzene rings is 1. The van der Waals surface area contributed by atoms with Crippen LogP contribution in [0.3, 0.4) is 0 Å². The number of amides is 1. The first-order valence-electron chi connectivity index (χ1n) is 7.33. The average molecular weight is 289 g/mol. The van der Waals surface area contributed by atoms with Crippen LogP contribution < -0.4 is 4.74 Å². The number of fused-ring (bicyclic) bond motifs is 1. The van der Waals surface area contributed by atoms with E-state index in [4.69, 9.17) is 4.74 Å². The number of hydrogen-bond acceptors (Lipinski definition) is 3. The van der Waals surface area contributed by atoms with Gasteiger partial charge in [0.2, 0.25) is 5.91 Å². The van der Waals surface area contributed by atoms with Gasteiger partial charge in [-0.05, 0) is 24.8 Å². The maximum atomic E-state index is 12.8. The molecule has 1 aromatic rings. The standard InChI is InChI=1S/C16H19NO4/c1-10-6-7-17(13(8-10)16(19)20)15(18)12-9-21-14-5-3-2-4-11(12)14/h2-5,10,12-13H,6-9H2,1H3,(H,19,20). The summed E-state index contributed by atoms with van der Waals surface area (Å²) in [6.07, 6.45) is 1.38. The Kier molecular flexibility index (Phi) is 3.57. The number of piperidine rings is 1. The molecule has 0 aliphatic carbocycles. The van der Waals surface area contributed by atoms with Crippen molar-refractivity contribution in [2.24, 2.45) is 5.92 Å². The van der Waals surface area contributed by atoms with E-state index in [1.807, 2.05) is 31.2 Å². The van der Waals surface area contributed by atoms with Gasteiger partial charge in [-0.25, -0.2) is 4.79 Å². The zero-order valence-electron chi connectivity index (χ0n) is 12.0. The van der Waals surface area contributed by atoms with Crippen LogP contribution in [-0.2, 0) is 9.59 Å². The monoisotopic (exact) mass is 289 g/mol. The molecule has 3 unspecified atom stereocenters. The van der Waals surface area contributed by atoms with Crippen LogP contribution in [0, 0.1) is 5.92 Å². The molecule has 3 rings (SSSR count). The quantitative estimate of drug-likeness (QED) is 0.902. The highest BCUT2D eigenvalue weighted by atomic mass is 16.5. The molecule has 5 nitrogen and oxygen atoms in total. The first kappa shape index (κ1) is 13.9. The van der Waals surface area contributed by atoms with E-state index in [2.05, 4.69) is 0 Å². The fourth-order valence-electron chi connectivity index (χ4n) is 3.21. The number of likely N-dealkylation sites (tertiary alicyclic amines) is 1. The number of carbonyl (C=O) groups is 2. The van der Waals surface area contributed by atoms with Gasteiger partial charge in [-0.3, -0.25) is 4.79 Å². The predicted molar refractivity (Wildman–Crippen MR) is 76.2 cm³/mol. The van der Waals surface area contributed by atoms with Gasteiger partial charge < -0.3 is 14.7 Å². The number of carboxylic acid groups (broad SMARTS) is 1. The molecule has 2 aliphatic heterocycles. The fraction of sp³-hybridized carbons (Fsp3) is 0.500. The lowest BCUT2D eigenvalue weighted by molar-refractivity contribution is -0.153. The zero-order valence-corrected chi connectivity index (χ0v) is 12.0. The maximum Gasteiger partial charge on any atom is 0.326 e. The molecule has 1 aromatic carbocycles. The summed E-state index contributed by atoms with van der Waals surface area (Å²) in [6.45, 7) is 2.85. The van der Waals surface area contributed by atoms with Crippen LogP contribution in [0.25, 0.3) is 0 Å². The molecule has 0 bridgehead atoms. The van der Waals surface area contributed by atoms with Gasteiger partial charge in [0, 0.05) is 12.1 Å². The summed E-state index contributed by atoms with van der Waals surface area (Å²) >= 11 is 0. The molecule has 1 N–H and O–H groups in total. The number of aliphatic carboxylic acids is 1. The molecule has 0 spiro atoms. The van der Waals surface area contributed by atoms with Gasteiger partial charge in [0.05, 0.1) is 0 Å². The van der Waals surface area contributed by atoms with Crippen molar-refractivity contribution in [1.82, 2.24) is 4.90 Å². The normalized spacial score (nSPS) is 27.9. The Morgan fingerprint density at radius 3 is 2.86 bits per heavy atom. The van der Waals surface area contributed by atoms with Gasteiger partial charge in [0.1, 0.15) is 24.3 Å². The summed E-state index contributed by atoms with van der Waals surface area (Å²) in [6, 6.07) is 6.76. The second-order valence-electron chi connectivity index (χ2n) is 5.92. The molecule has 1 fully saturated rings. The Labute approximate surface area is 123 Å². The van der Waals surface area contributed by atoms with Gasteiger partial charge in [0.25, 0.3) is 0 Å². The number of para-hydroxylation sites is 1. The SMILES string of the molecule is CC1CCN(C(=O)C2COc3ccccc32)C(C(=O)O)C1. The molecular formula is C16H19NO4. The second kappa shape index (κ2) is 5.39. The summed E-state index contributed by atoms with van der Waals surface area (Å²) in [4.78, 5) is 25.7. The van der Waals surface area contributed by atoms with E-state index in [0.29, 0.717) is 25.5 Å². The summed E-state index contributed by atoms with van der Waals surface area (Å²) in [7, 11) is 0. The lowest BCUT2D eigenvalue weighted by Crippen LogP contribution is -2.51. The Bertz CT molecular complexity index is 571. The summed E-state index contributed by atoms with van der Waals surface area (Å²) < 4.78 is 5.54. The third-order valence-electron chi connectivity index (χ3n) is 4.43. The molecule has 1 saturated heterocycles. The van der Waals surface area contributed by atoms with E-state index in [9.17, 15) is 14.7 Å². The molecule has 112 valence electrons. The first-order valence-corrected chi connectivity index (χ1v) is 7.33. The Hall–Kier alpha value is -2.04. The minimum Gasteiger partial charge on any atom is -0.492 e. The number of carboxylic acids is 1. The van der Waals surface area contributed by atoms with Crippen LogP contribution in [0.1, 0.15) is 31.2 Å².